The first-order valence-electron chi connectivity index (χ1n) is 6.00. The normalized spacial score (nSPS) is 28.7. The second kappa shape index (κ2) is 5.34. The highest BCUT2D eigenvalue weighted by atomic mass is 16.5. The number of hydrogen-bond donors (Lipinski definition) is 1. The zero-order chi connectivity index (χ0) is 11.4. The Balaban J connectivity index is 1.71. The number of nitrogens with one attached hydrogen (secondary N) is 1. The smallest absolute Gasteiger partial charge is 0.250 e. The lowest BCUT2D eigenvalue weighted by Crippen LogP contribution is -2.30. The maximum absolute atomic E-state index is 11.8. The van der Waals surface area contributed by atoms with E-state index in [4.69, 9.17) is 9.47 Å². The highest BCUT2D eigenvalue weighted by molar-refractivity contribution is 5.93. The van der Waals surface area contributed by atoms with Crippen LogP contribution in [0.5, 0.6) is 0 Å². The first-order chi connectivity index (χ1) is 7.79. The molecule has 2 unspecified atom stereocenters. The van der Waals surface area contributed by atoms with Crippen LogP contribution in [-0.2, 0) is 14.3 Å². The van der Waals surface area contributed by atoms with Gasteiger partial charge in [-0.3, -0.25) is 4.79 Å². The fraction of sp³-hybridized carbons (Fsp3) is 0.750. The van der Waals surface area contributed by atoms with E-state index in [1.165, 1.54) is 0 Å². The van der Waals surface area contributed by atoms with Gasteiger partial charge in [0.2, 0.25) is 5.91 Å². The summed E-state index contributed by atoms with van der Waals surface area (Å²) in [4.78, 5) is 11.8. The number of carbonyl (C=O) groups excluding carboxylic acids is 1. The zero-order valence-corrected chi connectivity index (χ0v) is 9.70. The Kier molecular flexibility index (Phi) is 3.83. The van der Waals surface area contributed by atoms with Crippen molar-refractivity contribution in [2.45, 2.75) is 32.3 Å². The molecule has 0 saturated carbocycles. The van der Waals surface area contributed by atoms with Crippen molar-refractivity contribution in [1.82, 2.24) is 5.32 Å². The van der Waals surface area contributed by atoms with Crippen molar-refractivity contribution in [3.05, 3.63) is 11.8 Å². The summed E-state index contributed by atoms with van der Waals surface area (Å²) in [5.74, 6) is 0.497. The van der Waals surface area contributed by atoms with Crippen LogP contribution in [0.2, 0.25) is 0 Å². The summed E-state index contributed by atoms with van der Waals surface area (Å²) in [7, 11) is 0. The predicted molar refractivity (Wildman–Crippen MR) is 59.8 cm³/mol. The molecule has 2 rings (SSSR count). The van der Waals surface area contributed by atoms with Crippen molar-refractivity contribution < 1.29 is 14.3 Å². The molecule has 0 spiro atoms. The van der Waals surface area contributed by atoms with Gasteiger partial charge in [0, 0.05) is 25.5 Å². The summed E-state index contributed by atoms with van der Waals surface area (Å²) in [6, 6.07) is 0. The van der Waals surface area contributed by atoms with Gasteiger partial charge in [-0.2, -0.15) is 0 Å². The fourth-order valence-corrected chi connectivity index (χ4v) is 2.00. The van der Waals surface area contributed by atoms with Crippen LogP contribution in [-0.4, -0.2) is 31.8 Å². The molecule has 0 aromatic heterocycles. The molecular weight excluding hydrogens is 206 g/mol. The number of carbonyl (C=O) groups is 1. The molecule has 0 bridgehead atoms. The van der Waals surface area contributed by atoms with E-state index in [0.717, 1.165) is 38.0 Å². The van der Waals surface area contributed by atoms with Gasteiger partial charge in [-0.05, 0) is 12.8 Å². The van der Waals surface area contributed by atoms with E-state index in [2.05, 4.69) is 12.2 Å². The minimum Gasteiger partial charge on any atom is -0.497 e. The molecule has 2 heterocycles. The summed E-state index contributed by atoms with van der Waals surface area (Å²) >= 11 is 0. The van der Waals surface area contributed by atoms with Crippen molar-refractivity contribution in [2.24, 2.45) is 5.92 Å². The standard InChI is InChI=1S/C12H19NO3/c1-2-11-5-10(8-16-11)12(14)13-6-9-3-4-15-7-9/h8-9,11H,2-7H2,1H3,(H,13,14). The molecule has 0 aromatic carbocycles. The van der Waals surface area contributed by atoms with Gasteiger partial charge < -0.3 is 14.8 Å². The highest BCUT2D eigenvalue weighted by Crippen LogP contribution is 2.20. The first-order valence-corrected chi connectivity index (χ1v) is 6.00. The lowest BCUT2D eigenvalue weighted by molar-refractivity contribution is -0.117. The van der Waals surface area contributed by atoms with Crippen LogP contribution in [0.4, 0.5) is 0 Å². The van der Waals surface area contributed by atoms with Gasteiger partial charge in [0.1, 0.15) is 6.10 Å². The Hall–Kier alpha value is -1.03. The van der Waals surface area contributed by atoms with Crippen LogP contribution < -0.4 is 5.32 Å². The van der Waals surface area contributed by atoms with E-state index in [-0.39, 0.29) is 12.0 Å². The Morgan fingerprint density at radius 2 is 2.50 bits per heavy atom. The van der Waals surface area contributed by atoms with Crippen LogP contribution in [0.1, 0.15) is 26.2 Å². The average molecular weight is 225 g/mol. The molecule has 1 saturated heterocycles. The van der Waals surface area contributed by atoms with E-state index in [1.54, 1.807) is 6.26 Å². The maximum Gasteiger partial charge on any atom is 0.250 e. The topological polar surface area (TPSA) is 47.6 Å². The van der Waals surface area contributed by atoms with Crippen molar-refractivity contribution in [1.29, 1.82) is 0 Å². The van der Waals surface area contributed by atoms with Crippen molar-refractivity contribution >= 4 is 5.91 Å². The molecule has 16 heavy (non-hydrogen) atoms. The summed E-state index contributed by atoms with van der Waals surface area (Å²) in [5, 5.41) is 2.94. The Morgan fingerprint density at radius 3 is 3.12 bits per heavy atom. The van der Waals surface area contributed by atoms with E-state index >= 15 is 0 Å². The van der Waals surface area contributed by atoms with Crippen LogP contribution in [0.3, 0.4) is 0 Å². The summed E-state index contributed by atoms with van der Waals surface area (Å²) in [5.41, 5.74) is 0.769. The number of hydrogen-bond acceptors (Lipinski definition) is 3. The SMILES string of the molecule is CCC1CC(C(=O)NCC2CCOC2)=CO1. The monoisotopic (exact) mass is 225 g/mol. The number of rotatable bonds is 4. The highest BCUT2D eigenvalue weighted by Gasteiger charge is 2.23. The van der Waals surface area contributed by atoms with E-state index < -0.39 is 0 Å². The van der Waals surface area contributed by atoms with Crippen molar-refractivity contribution in [2.75, 3.05) is 19.8 Å². The van der Waals surface area contributed by atoms with Crippen LogP contribution in [0.15, 0.2) is 11.8 Å². The lowest BCUT2D eigenvalue weighted by Gasteiger charge is -2.09. The van der Waals surface area contributed by atoms with Gasteiger partial charge >= 0.3 is 0 Å². The van der Waals surface area contributed by atoms with Gasteiger partial charge in [-0.1, -0.05) is 6.92 Å². The molecule has 0 aromatic rings. The van der Waals surface area contributed by atoms with Gasteiger partial charge in [0.25, 0.3) is 0 Å². The van der Waals surface area contributed by atoms with E-state index in [9.17, 15) is 4.79 Å². The molecule has 4 heteroatoms. The zero-order valence-electron chi connectivity index (χ0n) is 9.70. The Labute approximate surface area is 96.0 Å². The second-order valence-electron chi connectivity index (χ2n) is 4.45. The third-order valence-electron chi connectivity index (χ3n) is 3.17. The maximum atomic E-state index is 11.8. The van der Waals surface area contributed by atoms with Gasteiger partial charge in [0.15, 0.2) is 0 Å². The number of ether oxygens (including phenoxy) is 2. The third kappa shape index (κ3) is 2.76. The molecular formula is C12H19NO3. The quantitative estimate of drug-likeness (QED) is 0.782. The van der Waals surface area contributed by atoms with Crippen LogP contribution in [0.25, 0.3) is 0 Å². The lowest BCUT2D eigenvalue weighted by atomic mass is 10.1. The molecule has 90 valence electrons. The van der Waals surface area contributed by atoms with Gasteiger partial charge in [-0.15, -0.1) is 0 Å². The minimum atomic E-state index is 0.0165. The Bertz CT molecular complexity index is 282. The summed E-state index contributed by atoms with van der Waals surface area (Å²) in [6.45, 7) is 4.37. The molecule has 0 radical (unpaired) electrons. The van der Waals surface area contributed by atoms with Gasteiger partial charge in [-0.25, -0.2) is 0 Å². The largest absolute Gasteiger partial charge is 0.497 e. The predicted octanol–water partition coefficient (Wildman–Crippen LogP) is 1.22. The van der Waals surface area contributed by atoms with Crippen LogP contribution >= 0.6 is 0 Å². The second-order valence-corrected chi connectivity index (χ2v) is 4.45. The van der Waals surface area contributed by atoms with E-state index in [1.807, 2.05) is 0 Å². The molecule has 1 N–H and O–H groups in total. The molecule has 1 amide bonds. The Morgan fingerprint density at radius 1 is 1.62 bits per heavy atom. The average Bonchev–Trinajstić information content (AvgIpc) is 2.96. The molecule has 2 aliphatic heterocycles. The number of amides is 1. The van der Waals surface area contributed by atoms with E-state index in [0.29, 0.717) is 12.5 Å². The van der Waals surface area contributed by atoms with Crippen molar-refractivity contribution in [3.8, 4) is 0 Å². The first kappa shape index (κ1) is 11.5. The molecule has 2 aliphatic rings. The summed E-state index contributed by atoms with van der Waals surface area (Å²) < 4.78 is 10.6. The molecule has 2 atom stereocenters. The van der Waals surface area contributed by atoms with Crippen LogP contribution in [0, 0.1) is 5.92 Å². The molecule has 4 nitrogen and oxygen atoms in total. The third-order valence-corrected chi connectivity index (χ3v) is 3.17. The minimum absolute atomic E-state index is 0.0165. The fourth-order valence-electron chi connectivity index (χ4n) is 2.00. The molecule has 1 fully saturated rings. The summed E-state index contributed by atoms with van der Waals surface area (Å²) in [6.07, 6.45) is 4.53. The molecule has 0 aliphatic carbocycles. The van der Waals surface area contributed by atoms with Crippen molar-refractivity contribution in [3.63, 3.8) is 0 Å². The van der Waals surface area contributed by atoms with Gasteiger partial charge in [0.05, 0.1) is 18.4 Å².